The molecule has 0 saturated heterocycles. The van der Waals surface area contributed by atoms with Gasteiger partial charge in [-0.3, -0.25) is 9.59 Å². The first-order valence-corrected chi connectivity index (χ1v) is 9.81. The van der Waals surface area contributed by atoms with Crippen LogP contribution in [0.3, 0.4) is 0 Å². The Bertz CT molecular complexity index is 1140. The maximum Gasteiger partial charge on any atom is 0.336 e. The van der Waals surface area contributed by atoms with E-state index in [0.717, 1.165) is 5.56 Å². The zero-order valence-electron chi connectivity index (χ0n) is 15.2. The summed E-state index contributed by atoms with van der Waals surface area (Å²) in [6, 6.07) is 13.6. The maximum absolute atomic E-state index is 11.9. The smallest absolute Gasteiger partial charge is 0.336 e. The predicted molar refractivity (Wildman–Crippen MR) is 109 cm³/mol. The molecular weight excluding hydrogens is 390 g/mol. The highest BCUT2D eigenvalue weighted by atomic mass is 32.1. The molecule has 1 heterocycles. The molecule has 1 saturated carbocycles. The minimum Gasteiger partial charge on any atom is -0.481 e. The first-order valence-electron chi connectivity index (χ1n) is 8.93. The van der Waals surface area contributed by atoms with Crippen molar-refractivity contribution in [2.24, 2.45) is 5.73 Å². The number of aromatic carboxylic acids is 1. The van der Waals surface area contributed by atoms with Crippen LogP contribution in [0.25, 0.3) is 21.6 Å². The third-order valence-corrected chi connectivity index (χ3v) is 6.31. The van der Waals surface area contributed by atoms with Crippen LogP contribution >= 0.6 is 11.3 Å². The van der Waals surface area contributed by atoms with Crippen molar-refractivity contribution in [2.75, 3.05) is 0 Å². The van der Waals surface area contributed by atoms with Crippen molar-refractivity contribution in [1.29, 1.82) is 0 Å². The molecule has 0 aliphatic heterocycles. The number of nitrogens with two attached hydrogens (primary N) is 1. The number of carboxylic acids is 2. The van der Waals surface area contributed by atoms with Crippen molar-refractivity contribution in [3.8, 4) is 21.6 Å². The first kappa shape index (κ1) is 18.9. The zero-order valence-corrected chi connectivity index (χ0v) is 16.0. The molecule has 1 aliphatic carbocycles. The molecule has 0 unspecified atom stereocenters. The number of hydrogen-bond acceptors (Lipinski definition) is 4. The highest BCUT2D eigenvalue weighted by Gasteiger charge is 2.51. The monoisotopic (exact) mass is 407 g/mol. The number of aliphatic carboxylic acids is 1. The second-order valence-corrected chi connectivity index (χ2v) is 7.97. The number of rotatable bonds is 6. The van der Waals surface area contributed by atoms with Crippen LogP contribution in [-0.2, 0) is 10.2 Å². The molecule has 6 nitrogen and oxygen atoms in total. The van der Waals surface area contributed by atoms with E-state index in [0.29, 0.717) is 40.0 Å². The van der Waals surface area contributed by atoms with Crippen molar-refractivity contribution in [1.82, 2.24) is 0 Å². The zero-order chi connectivity index (χ0) is 20.8. The second kappa shape index (κ2) is 6.86. The van der Waals surface area contributed by atoms with Gasteiger partial charge in [0.1, 0.15) is 0 Å². The van der Waals surface area contributed by atoms with E-state index in [-0.39, 0.29) is 5.56 Å². The van der Waals surface area contributed by atoms with E-state index in [1.165, 1.54) is 17.4 Å². The highest BCUT2D eigenvalue weighted by Crippen LogP contribution is 2.48. The third-order valence-electron chi connectivity index (χ3n) is 5.35. The van der Waals surface area contributed by atoms with Gasteiger partial charge in [0.25, 0.3) is 0 Å². The van der Waals surface area contributed by atoms with Crippen LogP contribution in [0.15, 0.2) is 53.9 Å². The van der Waals surface area contributed by atoms with Crippen LogP contribution in [0.2, 0.25) is 0 Å². The lowest BCUT2D eigenvalue weighted by Gasteiger charge is -2.13. The van der Waals surface area contributed by atoms with E-state index >= 15 is 0 Å². The van der Waals surface area contributed by atoms with E-state index in [1.54, 1.807) is 47.8 Å². The summed E-state index contributed by atoms with van der Waals surface area (Å²) in [5.74, 6) is -2.49. The van der Waals surface area contributed by atoms with E-state index < -0.39 is 23.3 Å². The predicted octanol–water partition coefficient (Wildman–Crippen LogP) is 4.00. The van der Waals surface area contributed by atoms with Gasteiger partial charge in [-0.15, -0.1) is 11.3 Å². The lowest BCUT2D eigenvalue weighted by atomic mass is 9.92. The summed E-state index contributed by atoms with van der Waals surface area (Å²) in [4.78, 5) is 35.6. The lowest BCUT2D eigenvalue weighted by Crippen LogP contribution is -2.19. The molecular formula is C22H17NO5S. The van der Waals surface area contributed by atoms with Gasteiger partial charge in [0, 0.05) is 4.88 Å². The van der Waals surface area contributed by atoms with Crippen molar-refractivity contribution < 1.29 is 24.6 Å². The molecule has 0 spiro atoms. The van der Waals surface area contributed by atoms with Gasteiger partial charge >= 0.3 is 11.9 Å². The summed E-state index contributed by atoms with van der Waals surface area (Å²) in [6.45, 7) is 0. The Hall–Kier alpha value is -3.45. The molecule has 0 bridgehead atoms. The Morgan fingerprint density at radius 3 is 2.10 bits per heavy atom. The van der Waals surface area contributed by atoms with Crippen LogP contribution in [-0.4, -0.2) is 28.1 Å². The number of benzene rings is 2. The molecule has 29 heavy (non-hydrogen) atoms. The van der Waals surface area contributed by atoms with E-state index in [9.17, 15) is 24.6 Å². The summed E-state index contributed by atoms with van der Waals surface area (Å²) in [5, 5.41) is 20.9. The minimum absolute atomic E-state index is 0.0958. The fourth-order valence-corrected chi connectivity index (χ4v) is 4.46. The number of carboxylic acid groups (broad SMARTS) is 2. The van der Waals surface area contributed by atoms with Crippen molar-refractivity contribution in [3.63, 3.8) is 0 Å². The Labute approximate surface area is 170 Å². The average molecular weight is 407 g/mol. The molecule has 4 N–H and O–H groups in total. The van der Waals surface area contributed by atoms with Crippen LogP contribution in [0, 0.1) is 0 Å². The first-order chi connectivity index (χ1) is 13.8. The lowest BCUT2D eigenvalue weighted by molar-refractivity contribution is -0.140. The average Bonchev–Trinajstić information content (AvgIpc) is 3.37. The standard InChI is InChI=1S/C22H17NO5S/c23-19(24)16-7-10-29-18(16)13-3-6-15(17(11-13)20(25)26)12-1-4-14(5-2-12)22(8-9-22)21(27)28/h1-7,10-11H,8-9H2,(H2,23,24)(H,25,26)(H,27,28). The van der Waals surface area contributed by atoms with Gasteiger partial charge in [-0.2, -0.15) is 0 Å². The van der Waals surface area contributed by atoms with Gasteiger partial charge in [-0.05, 0) is 52.6 Å². The van der Waals surface area contributed by atoms with Gasteiger partial charge in [0.15, 0.2) is 0 Å². The molecule has 1 aromatic heterocycles. The number of thiophene rings is 1. The largest absolute Gasteiger partial charge is 0.481 e. The van der Waals surface area contributed by atoms with Crippen molar-refractivity contribution in [3.05, 3.63) is 70.6 Å². The Balaban J connectivity index is 1.75. The molecule has 0 radical (unpaired) electrons. The van der Waals surface area contributed by atoms with Crippen LogP contribution < -0.4 is 5.73 Å². The van der Waals surface area contributed by atoms with Gasteiger partial charge in [0.2, 0.25) is 5.91 Å². The number of hydrogen-bond donors (Lipinski definition) is 3. The van der Waals surface area contributed by atoms with Crippen LogP contribution in [0.5, 0.6) is 0 Å². The van der Waals surface area contributed by atoms with Crippen LogP contribution in [0.1, 0.15) is 39.1 Å². The molecule has 1 amide bonds. The number of primary amides is 1. The minimum atomic E-state index is -1.09. The third kappa shape index (κ3) is 3.19. The second-order valence-electron chi connectivity index (χ2n) is 7.06. The van der Waals surface area contributed by atoms with E-state index in [2.05, 4.69) is 0 Å². The molecule has 7 heteroatoms. The highest BCUT2D eigenvalue weighted by molar-refractivity contribution is 7.14. The summed E-state index contributed by atoms with van der Waals surface area (Å²) in [5.41, 5.74) is 7.58. The fourth-order valence-electron chi connectivity index (χ4n) is 3.56. The molecule has 1 fully saturated rings. The quantitative estimate of drug-likeness (QED) is 0.571. The van der Waals surface area contributed by atoms with Gasteiger partial charge in [0.05, 0.1) is 16.5 Å². The van der Waals surface area contributed by atoms with Gasteiger partial charge in [-0.1, -0.05) is 36.4 Å². The molecule has 146 valence electrons. The van der Waals surface area contributed by atoms with E-state index in [1.807, 2.05) is 0 Å². The van der Waals surface area contributed by atoms with Crippen LogP contribution in [0.4, 0.5) is 0 Å². The Morgan fingerprint density at radius 1 is 0.897 bits per heavy atom. The summed E-state index contributed by atoms with van der Waals surface area (Å²) >= 11 is 1.32. The van der Waals surface area contributed by atoms with Gasteiger partial charge in [-0.25, -0.2) is 4.79 Å². The summed E-state index contributed by atoms with van der Waals surface area (Å²) in [7, 11) is 0. The Kier molecular flexibility index (Phi) is 4.47. The van der Waals surface area contributed by atoms with Crippen molar-refractivity contribution in [2.45, 2.75) is 18.3 Å². The normalized spacial score (nSPS) is 14.3. The molecule has 1 aliphatic rings. The molecule has 0 atom stereocenters. The van der Waals surface area contributed by atoms with Crippen molar-refractivity contribution >= 4 is 29.2 Å². The maximum atomic E-state index is 11.9. The Morgan fingerprint density at radius 2 is 1.55 bits per heavy atom. The summed E-state index contributed by atoms with van der Waals surface area (Å²) < 4.78 is 0. The number of amides is 1. The number of carbonyl (C=O) groups is 3. The molecule has 3 aromatic rings. The number of carbonyl (C=O) groups excluding carboxylic acids is 1. The SMILES string of the molecule is NC(=O)c1ccsc1-c1ccc(-c2ccc(C3(C(=O)O)CC3)cc2)c(C(=O)O)c1. The topological polar surface area (TPSA) is 118 Å². The van der Waals surface area contributed by atoms with E-state index in [4.69, 9.17) is 5.73 Å². The fraction of sp³-hybridized carbons (Fsp3) is 0.136. The van der Waals surface area contributed by atoms with Gasteiger partial charge < -0.3 is 15.9 Å². The molecule has 4 rings (SSSR count). The summed E-state index contributed by atoms with van der Waals surface area (Å²) in [6.07, 6.45) is 1.22. The molecule has 2 aromatic carbocycles.